The molecule has 5 nitrogen and oxygen atoms in total. The van der Waals surface area contributed by atoms with Gasteiger partial charge in [0.15, 0.2) is 0 Å². The smallest absolute Gasteiger partial charge is 0.323 e. The first-order chi connectivity index (χ1) is 12.4. The van der Waals surface area contributed by atoms with Gasteiger partial charge in [0.1, 0.15) is 24.1 Å². The van der Waals surface area contributed by atoms with Crippen LogP contribution < -0.4 is 5.73 Å². The highest BCUT2D eigenvalue weighted by Crippen LogP contribution is 2.33. The van der Waals surface area contributed by atoms with Crippen LogP contribution in [0.15, 0.2) is 24.3 Å². The number of cyclic esters (lactones) is 1. The van der Waals surface area contributed by atoms with Gasteiger partial charge in [0, 0.05) is 5.92 Å². The summed E-state index contributed by atoms with van der Waals surface area (Å²) in [5, 5.41) is 0. The summed E-state index contributed by atoms with van der Waals surface area (Å²) in [7, 11) is 0. The Morgan fingerprint density at radius 1 is 1.23 bits per heavy atom. The maximum atomic E-state index is 13.2. The van der Waals surface area contributed by atoms with Gasteiger partial charge in [0.2, 0.25) is 0 Å². The fourth-order valence-electron chi connectivity index (χ4n) is 3.43. The molecule has 2 aliphatic rings. The average molecular weight is 363 g/mol. The zero-order valence-electron chi connectivity index (χ0n) is 15.0. The Kier molecular flexibility index (Phi) is 5.91. The Morgan fingerprint density at radius 3 is 2.58 bits per heavy atom. The fraction of sp³-hybridized carbons (Fsp3) is 0.600. The molecule has 2 fully saturated rings. The van der Waals surface area contributed by atoms with Gasteiger partial charge in [0.25, 0.3) is 0 Å². The molecule has 1 aromatic carbocycles. The molecule has 0 bridgehead atoms. The molecule has 1 aromatic rings. The monoisotopic (exact) mass is 363 g/mol. The number of halogens is 1. The normalized spacial score (nSPS) is 29.9. The lowest BCUT2D eigenvalue weighted by Crippen LogP contribution is -2.39. The van der Waals surface area contributed by atoms with E-state index in [0.717, 1.165) is 18.4 Å². The van der Waals surface area contributed by atoms with Crippen LogP contribution in [0.25, 0.3) is 0 Å². The van der Waals surface area contributed by atoms with Gasteiger partial charge >= 0.3 is 11.9 Å². The van der Waals surface area contributed by atoms with Crippen molar-refractivity contribution in [1.29, 1.82) is 0 Å². The maximum Gasteiger partial charge on any atom is 0.323 e. The summed E-state index contributed by atoms with van der Waals surface area (Å²) in [6.07, 6.45) is 3.33. The second-order valence-electron chi connectivity index (χ2n) is 7.42. The van der Waals surface area contributed by atoms with E-state index in [1.807, 2.05) is 6.92 Å². The Balaban J connectivity index is 1.80. The molecule has 1 saturated carbocycles. The van der Waals surface area contributed by atoms with E-state index >= 15 is 0 Å². The van der Waals surface area contributed by atoms with Gasteiger partial charge in [0.05, 0.1) is 5.92 Å². The van der Waals surface area contributed by atoms with Crippen molar-refractivity contribution >= 4 is 11.9 Å². The zero-order chi connectivity index (χ0) is 18.7. The van der Waals surface area contributed by atoms with Crippen molar-refractivity contribution in [1.82, 2.24) is 0 Å². The van der Waals surface area contributed by atoms with Crippen molar-refractivity contribution in [3.63, 3.8) is 0 Å². The highest BCUT2D eigenvalue weighted by Gasteiger charge is 2.38. The molecule has 4 atom stereocenters. The standard InChI is InChI=1S/C20H26FNO4/c1-12-16(11-13-5-9-15(21)10-6-13)18(26-19(23)14-7-8-14)4-2-3-17(22)20(24)25-12/h5-6,9-10,12,14,16-18H,2-4,7-8,11,22H2,1H3/t12-,16-,17-,18-/m0/s1. The molecule has 142 valence electrons. The Labute approximate surface area is 153 Å². The van der Waals surface area contributed by atoms with Gasteiger partial charge in [-0.3, -0.25) is 9.59 Å². The highest BCUT2D eigenvalue weighted by atomic mass is 19.1. The second kappa shape index (κ2) is 8.16. The van der Waals surface area contributed by atoms with E-state index in [2.05, 4.69) is 0 Å². The van der Waals surface area contributed by atoms with Gasteiger partial charge in [-0.05, 0) is 63.1 Å². The maximum absolute atomic E-state index is 13.2. The number of nitrogens with two attached hydrogens (primary N) is 1. The van der Waals surface area contributed by atoms with E-state index in [1.54, 1.807) is 12.1 Å². The van der Waals surface area contributed by atoms with E-state index in [1.165, 1.54) is 12.1 Å². The fourth-order valence-corrected chi connectivity index (χ4v) is 3.43. The Morgan fingerprint density at radius 2 is 1.92 bits per heavy atom. The van der Waals surface area contributed by atoms with Crippen LogP contribution in [0.5, 0.6) is 0 Å². The summed E-state index contributed by atoms with van der Waals surface area (Å²) >= 11 is 0. The lowest BCUT2D eigenvalue weighted by atomic mass is 9.87. The van der Waals surface area contributed by atoms with Gasteiger partial charge in [-0.25, -0.2) is 4.39 Å². The van der Waals surface area contributed by atoms with Crippen LogP contribution in [-0.4, -0.2) is 30.2 Å². The predicted molar refractivity (Wildman–Crippen MR) is 93.6 cm³/mol. The molecule has 6 heteroatoms. The number of carbonyl (C=O) groups is 2. The largest absolute Gasteiger partial charge is 0.462 e. The van der Waals surface area contributed by atoms with Gasteiger partial charge < -0.3 is 15.2 Å². The molecule has 2 N–H and O–H groups in total. The van der Waals surface area contributed by atoms with Crippen LogP contribution >= 0.6 is 0 Å². The summed E-state index contributed by atoms with van der Waals surface area (Å²) in [6.45, 7) is 1.81. The Hall–Kier alpha value is -1.95. The van der Waals surface area contributed by atoms with Crippen molar-refractivity contribution in [3.8, 4) is 0 Å². The van der Waals surface area contributed by atoms with Gasteiger partial charge in [-0.15, -0.1) is 0 Å². The minimum Gasteiger partial charge on any atom is -0.462 e. The first-order valence-electron chi connectivity index (χ1n) is 9.35. The highest BCUT2D eigenvalue weighted by molar-refractivity contribution is 5.76. The number of rotatable bonds is 4. The predicted octanol–water partition coefficient (Wildman–Crippen LogP) is 2.75. The van der Waals surface area contributed by atoms with Crippen LogP contribution in [-0.2, 0) is 25.5 Å². The third-order valence-electron chi connectivity index (χ3n) is 5.25. The molecular weight excluding hydrogens is 337 g/mol. The number of esters is 2. The lowest BCUT2D eigenvalue weighted by molar-refractivity contribution is -0.161. The molecule has 0 amide bonds. The first-order valence-corrected chi connectivity index (χ1v) is 9.35. The topological polar surface area (TPSA) is 78.6 Å². The first kappa shape index (κ1) is 18.8. The number of ether oxygens (including phenoxy) is 2. The number of hydrogen-bond donors (Lipinski definition) is 1. The van der Waals surface area contributed by atoms with Crippen molar-refractivity contribution in [3.05, 3.63) is 35.6 Å². The molecular formula is C20H26FNO4. The molecule has 1 aliphatic heterocycles. The molecule has 1 heterocycles. The van der Waals surface area contributed by atoms with E-state index in [0.29, 0.717) is 25.7 Å². The molecule has 0 radical (unpaired) electrons. The van der Waals surface area contributed by atoms with Crippen molar-refractivity contribution in [2.45, 2.75) is 63.7 Å². The molecule has 0 aromatic heterocycles. The minimum absolute atomic E-state index is 0.00853. The lowest BCUT2D eigenvalue weighted by Gasteiger charge is -2.31. The Bertz CT molecular complexity index is 644. The quantitative estimate of drug-likeness (QED) is 0.832. The third-order valence-corrected chi connectivity index (χ3v) is 5.25. The summed E-state index contributed by atoms with van der Waals surface area (Å²) < 4.78 is 24.6. The summed E-state index contributed by atoms with van der Waals surface area (Å²) in [5.74, 6) is -1.08. The summed E-state index contributed by atoms with van der Waals surface area (Å²) in [4.78, 5) is 24.3. The molecule has 0 unspecified atom stereocenters. The number of hydrogen-bond acceptors (Lipinski definition) is 5. The van der Waals surface area contributed by atoms with Crippen molar-refractivity contribution in [2.75, 3.05) is 0 Å². The average Bonchev–Trinajstić information content (AvgIpc) is 3.44. The number of benzene rings is 1. The molecule has 3 rings (SSSR count). The molecule has 1 aliphatic carbocycles. The second-order valence-corrected chi connectivity index (χ2v) is 7.42. The van der Waals surface area contributed by atoms with Gasteiger partial charge in [-0.2, -0.15) is 0 Å². The summed E-state index contributed by atoms with van der Waals surface area (Å²) in [5.41, 5.74) is 6.79. The van der Waals surface area contributed by atoms with Crippen LogP contribution in [0.1, 0.15) is 44.6 Å². The molecule has 0 spiro atoms. The van der Waals surface area contributed by atoms with E-state index in [-0.39, 0.29) is 29.7 Å². The molecule has 1 saturated heterocycles. The minimum atomic E-state index is -0.651. The van der Waals surface area contributed by atoms with Crippen LogP contribution in [0.2, 0.25) is 0 Å². The van der Waals surface area contributed by atoms with E-state index in [4.69, 9.17) is 15.2 Å². The molecule has 26 heavy (non-hydrogen) atoms. The number of carbonyl (C=O) groups excluding carboxylic acids is 2. The van der Waals surface area contributed by atoms with Crippen molar-refractivity contribution in [2.24, 2.45) is 17.6 Å². The zero-order valence-corrected chi connectivity index (χ0v) is 15.0. The van der Waals surface area contributed by atoms with Crippen LogP contribution in [0, 0.1) is 17.7 Å². The van der Waals surface area contributed by atoms with Gasteiger partial charge in [-0.1, -0.05) is 12.1 Å². The van der Waals surface area contributed by atoms with Crippen molar-refractivity contribution < 1.29 is 23.5 Å². The SMILES string of the molecule is C[C@@H]1OC(=O)[C@@H](N)CCC[C@H](OC(=O)C2CC2)[C@H]1Cc1ccc(F)cc1. The van der Waals surface area contributed by atoms with E-state index in [9.17, 15) is 14.0 Å². The third kappa shape index (κ3) is 4.81. The van der Waals surface area contributed by atoms with Crippen LogP contribution in [0.3, 0.4) is 0 Å². The van der Waals surface area contributed by atoms with Crippen LogP contribution in [0.4, 0.5) is 4.39 Å². The van der Waals surface area contributed by atoms with E-state index < -0.39 is 18.1 Å². The summed E-state index contributed by atoms with van der Waals surface area (Å²) in [6, 6.07) is 5.58.